The number of nitrogens with zero attached hydrogens (tertiary/aromatic N) is 2. The van der Waals surface area contributed by atoms with E-state index in [1.165, 1.54) is 5.56 Å². The first-order valence-electron chi connectivity index (χ1n) is 8.86. The summed E-state index contributed by atoms with van der Waals surface area (Å²) < 4.78 is 0. The molecular weight excluding hydrogens is 338 g/mol. The fourth-order valence-electron chi connectivity index (χ4n) is 3.27. The second kappa shape index (κ2) is 7.03. The summed E-state index contributed by atoms with van der Waals surface area (Å²) in [6, 6.07) is 18.8. The molecule has 5 heteroatoms. The van der Waals surface area contributed by atoms with Crippen LogP contribution in [0.2, 0.25) is 0 Å². The predicted molar refractivity (Wildman–Crippen MR) is 106 cm³/mol. The van der Waals surface area contributed by atoms with Crippen molar-refractivity contribution in [1.29, 1.82) is 0 Å². The topological polar surface area (TPSA) is 62.3 Å². The number of hydrogen-bond acceptors (Lipinski definition) is 4. The van der Waals surface area contributed by atoms with Gasteiger partial charge < -0.3 is 10.2 Å². The number of aromatic nitrogens is 1. The van der Waals surface area contributed by atoms with E-state index in [0.717, 1.165) is 23.5 Å². The molecule has 2 aromatic carbocycles. The van der Waals surface area contributed by atoms with Crippen molar-refractivity contribution in [3.8, 4) is 0 Å². The van der Waals surface area contributed by atoms with E-state index in [1.807, 2.05) is 36.4 Å². The minimum absolute atomic E-state index is 0.0317. The number of carbonyl (C=O) groups is 2. The Labute approximate surface area is 157 Å². The Morgan fingerprint density at radius 1 is 1.00 bits per heavy atom. The van der Waals surface area contributed by atoms with Gasteiger partial charge in [0.15, 0.2) is 5.78 Å². The van der Waals surface area contributed by atoms with Crippen LogP contribution in [0.1, 0.15) is 33.3 Å². The highest BCUT2D eigenvalue weighted by molar-refractivity contribution is 6.06. The molecule has 0 aliphatic carbocycles. The number of Topliss-reactive ketones (excluding diaryl/α,β-unsaturated/α-hetero) is 1. The SMILES string of the molecule is CC(=O)c1ccc(Nc2ccnc(C(=O)N3CCc4ccccc43)c2)cc1. The largest absolute Gasteiger partial charge is 0.355 e. The van der Waals surface area contributed by atoms with Gasteiger partial charge in [-0.2, -0.15) is 0 Å². The van der Waals surface area contributed by atoms with Crippen molar-refractivity contribution in [3.05, 3.63) is 83.7 Å². The number of fused-ring (bicyclic) bond motifs is 1. The maximum atomic E-state index is 12.9. The van der Waals surface area contributed by atoms with Gasteiger partial charge in [-0.15, -0.1) is 0 Å². The van der Waals surface area contributed by atoms with Crippen LogP contribution in [0, 0.1) is 0 Å². The molecule has 1 aromatic heterocycles. The lowest BCUT2D eigenvalue weighted by Gasteiger charge is -2.17. The van der Waals surface area contributed by atoms with Crippen LogP contribution in [-0.4, -0.2) is 23.2 Å². The maximum absolute atomic E-state index is 12.9. The third kappa shape index (κ3) is 3.44. The van der Waals surface area contributed by atoms with E-state index in [-0.39, 0.29) is 11.7 Å². The summed E-state index contributed by atoms with van der Waals surface area (Å²) in [5, 5.41) is 3.25. The van der Waals surface area contributed by atoms with Gasteiger partial charge in [0.25, 0.3) is 5.91 Å². The molecule has 1 amide bonds. The van der Waals surface area contributed by atoms with Crippen molar-refractivity contribution in [1.82, 2.24) is 4.98 Å². The Morgan fingerprint density at radius 3 is 2.56 bits per heavy atom. The maximum Gasteiger partial charge on any atom is 0.276 e. The minimum atomic E-state index is -0.101. The van der Waals surface area contributed by atoms with Gasteiger partial charge in [-0.3, -0.25) is 14.6 Å². The zero-order valence-electron chi connectivity index (χ0n) is 15.0. The van der Waals surface area contributed by atoms with Gasteiger partial charge in [0, 0.05) is 35.4 Å². The van der Waals surface area contributed by atoms with Crippen LogP contribution in [0.3, 0.4) is 0 Å². The van der Waals surface area contributed by atoms with E-state index in [2.05, 4.69) is 16.4 Å². The van der Waals surface area contributed by atoms with Gasteiger partial charge in [-0.05, 0) is 61.4 Å². The third-order valence-electron chi connectivity index (χ3n) is 4.69. The summed E-state index contributed by atoms with van der Waals surface area (Å²) in [7, 11) is 0. The Balaban J connectivity index is 1.54. The van der Waals surface area contributed by atoms with E-state index in [9.17, 15) is 9.59 Å². The Bertz CT molecular complexity index is 1010. The van der Waals surface area contributed by atoms with Crippen molar-refractivity contribution in [2.75, 3.05) is 16.8 Å². The number of pyridine rings is 1. The zero-order valence-corrected chi connectivity index (χ0v) is 15.0. The quantitative estimate of drug-likeness (QED) is 0.710. The Kier molecular flexibility index (Phi) is 4.42. The average molecular weight is 357 g/mol. The van der Waals surface area contributed by atoms with Gasteiger partial charge in [0.05, 0.1) is 0 Å². The summed E-state index contributed by atoms with van der Waals surface area (Å²) in [6.45, 7) is 2.21. The first-order valence-corrected chi connectivity index (χ1v) is 8.86. The molecule has 2 heterocycles. The summed E-state index contributed by atoms with van der Waals surface area (Å²) >= 11 is 0. The van der Waals surface area contributed by atoms with Crippen LogP contribution in [0.25, 0.3) is 0 Å². The van der Waals surface area contributed by atoms with E-state index in [4.69, 9.17) is 0 Å². The monoisotopic (exact) mass is 357 g/mol. The Morgan fingerprint density at radius 2 is 1.78 bits per heavy atom. The molecule has 0 saturated heterocycles. The van der Waals surface area contributed by atoms with Crippen molar-refractivity contribution in [2.24, 2.45) is 0 Å². The molecule has 0 radical (unpaired) electrons. The first-order chi connectivity index (χ1) is 13.1. The molecule has 0 atom stereocenters. The van der Waals surface area contributed by atoms with Crippen LogP contribution in [0.15, 0.2) is 66.9 Å². The number of hydrogen-bond donors (Lipinski definition) is 1. The van der Waals surface area contributed by atoms with Gasteiger partial charge in [0.2, 0.25) is 0 Å². The molecule has 0 spiro atoms. The standard InChI is InChI=1S/C22H19N3O2/c1-15(26)16-6-8-18(9-7-16)24-19-10-12-23-20(14-19)22(27)25-13-11-17-4-2-3-5-21(17)25/h2-10,12,14H,11,13H2,1H3,(H,23,24). The molecule has 0 unspecified atom stereocenters. The van der Waals surface area contributed by atoms with Crippen molar-refractivity contribution in [3.63, 3.8) is 0 Å². The number of amides is 1. The van der Waals surface area contributed by atoms with Crippen molar-refractivity contribution in [2.45, 2.75) is 13.3 Å². The molecule has 0 fully saturated rings. The van der Waals surface area contributed by atoms with Crippen LogP contribution in [0.5, 0.6) is 0 Å². The van der Waals surface area contributed by atoms with Gasteiger partial charge in [-0.25, -0.2) is 0 Å². The fourth-order valence-corrected chi connectivity index (χ4v) is 3.27. The van der Waals surface area contributed by atoms with Crippen LogP contribution < -0.4 is 10.2 Å². The van der Waals surface area contributed by atoms with Crippen LogP contribution in [0.4, 0.5) is 17.1 Å². The number of benzene rings is 2. The van der Waals surface area contributed by atoms with E-state index in [1.54, 1.807) is 36.2 Å². The molecule has 134 valence electrons. The smallest absolute Gasteiger partial charge is 0.276 e. The number of carbonyl (C=O) groups excluding carboxylic acids is 2. The molecule has 1 N–H and O–H groups in total. The second-order valence-electron chi connectivity index (χ2n) is 6.52. The van der Waals surface area contributed by atoms with Crippen LogP contribution in [-0.2, 0) is 6.42 Å². The highest BCUT2D eigenvalue weighted by atomic mass is 16.2. The van der Waals surface area contributed by atoms with Gasteiger partial charge >= 0.3 is 0 Å². The Hall–Kier alpha value is -3.47. The second-order valence-corrected chi connectivity index (χ2v) is 6.52. The summed E-state index contributed by atoms with van der Waals surface area (Å²) in [5.74, 6) is -0.0697. The summed E-state index contributed by atoms with van der Waals surface area (Å²) in [6.07, 6.45) is 2.49. The van der Waals surface area contributed by atoms with E-state index >= 15 is 0 Å². The number of ketones is 1. The van der Waals surface area contributed by atoms with Crippen LogP contribution >= 0.6 is 0 Å². The van der Waals surface area contributed by atoms with Gasteiger partial charge in [0.1, 0.15) is 5.69 Å². The lowest BCUT2D eigenvalue weighted by Crippen LogP contribution is -2.29. The first kappa shape index (κ1) is 17.0. The molecule has 5 nitrogen and oxygen atoms in total. The molecule has 1 aliphatic rings. The molecule has 0 bridgehead atoms. The number of anilines is 3. The summed E-state index contributed by atoms with van der Waals surface area (Å²) in [5.41, 5.74) is 4.83. The summed E-state index contributed by atoms with van der Waals surface area (Å²) in [4.78, 5) is 30.4. The highest BCUT2D eigenvalue weighted by Crippen LogP contribution is 2.29. The predicted octanol–water partition coefficient (Wildman–Crippen LogP) is 4.23. The lowest BCUT2D eigenvalue weighted by molar-refractivity contribution is 0.0982. The van der Waals surface area contributed by atoms with Crippen molar-refractivity contribution < 1.29 is 9.59 Å². The number of rotatable bonds is 4. The molecule has 0 saturated carbocycles. The normalized spacial score (nSPS) is 12.6. The van der Waals surface area contributed by atoms with Gasteiger partial charge in [-0.1, -0.05) is 18.2 Å². The van der Waals surface area contributed by atoms with Crippen molar-refractivity contribution >= 4 is 28.8 Å². The average Bonchev–Trinajstić information content (AvgIpc) is 3.12. The molecule has 1 aliphatic heterocycles. The lowest BCUT2D eigenvalue weighted by atomic mass is 10.1. The molecule has 27 heavy (non-hydrogen) atoms. The molecule has 4 rings (SSSR count). The number of para-hydroxylation sites is 1. The van der Waals surface area contributed by atoms with E-state index in [0.29, 0.717) is 17.8 Å². The van der Waals surface area contributed by atoms with E-state index < -0.39 is 0 Å². The fraction of sp³-hybridized carbons (Fsp3) is 0.136. The number of nitrogens with one attached hydrogen (secondary N) is 1. The highest BCUT2D eigenvalue weighted by Gasteiger charge is 2.25. The molecular formula is C22H19N3O2. The zero-order chi connectivity index (χ0) is 18.8. The third-order valence-corrected chi connectivity index (χ3v) is 4.69. The minimum Gasteiger partial charge on any atom is -0.355 e. The molecule has 3 aromatic rings.